The third kappa shape index (κ3) is 4.77. The topological polar surface area (TPSA) is 91.4 Å². The number of hydrogen-bond donors (Lipinski definition) is 3. The number of rotatable bonds is 9. The molecule has 3 N–H and O–H groups in total. The molecule has 0 bridgehead atoms. The highest BCUT2D eigenvalue weighted by Crippen LogP contribution is 2.23. The van der Waals surface area contributed by atoms with Crippen molar-refractivity contribution in [2.45, 2.75) is 26.2 Å². The third-order valence-electron chi connectivity index (χ3n) is 5.17. The van der Waals surface area contributed by atoms with Gasteiger partial charge in [-0.05, 0) is 35.6 Å². The molecule has 2 aromatic carbocycles. The van der Waals surface area contributed by atoms with Crippen molar-refractivity contribution in [1.82, 2.24) is 10.3 Å². The summed E-state index contributed by atoms with van der Waals surface area (Å²) in [5.41, 5.74) is 3.97. The van der Waals surface area contributed by atoms with Gasteiger partial charge in [-0.2, -0.15) is 0 Å². The second-order valence-electron chi connectivity index (χ2n) is 7.04. The second-order valence-corrected chi connectivity index (χ2v) is 7.04. The molecule has 0 spiro atoms. The first-order valence-electron chi connectivity index (χ1n) is 9.72. The lowest BCUT2D eigenvalue weighted by atomic mass is 9.98. The third-order valence-corrected chi connectivity index (χ3v) is 5.17. The molecular formula is C23H26N2O4. The molecule has 29 heavy (non-hydrogen) atoms. The summed E-state index contributed by atoms with van der Waals surface area (Å²) in [5, 5.41) is 13.4. The molecule has 6 nitrogen and oxygen atoms in total. The largest absolute Gasteiger partial charge is 0.496 e. The van der Waals surface area contributed by atoms with Gasteiger partial charge in [0.25, 0.3) is 0 Å². The number of benzene rings is 2. The Kier molecular flexibility index (Phi) is 6.54. The number of aryl methyl sites for hydroxylation is 1. The molecule has 1 heterocycles. The van der Waals surface area contributed by atoms with Crippen molar-refractivity contribution in [2.24, 2.45) is 5.92 Å². The van der Waals surface area contributed by atoms with Crippen LogP contribution >= 0.6 is 0 Å². The van der Waals surface area contributed by atoms with Crippen LogP contribution < -0.4 is 10.1 Å². The molecule has 3 aromatic rings. The average molecular weight is 394 g/mol. The number of aromatic amines is 1. The molecular weight excluding hydrogens is 368 g/mol. The maximum Gasteiger partial charge on any atom is 0.308 e. The molecule has 3 rings (SSSR count). The van der Waals surface area contributed by atoms with Crippen molar-refractivity contribution in [1.29, 1.82) is 0 Å². The summed E-state index contributed by atoms with van der Waals surface area (Å²) in [7, 11) is 1.56. The van der Waals surface area contributed by atoms with Crippen LogP contribution in [0.5, 0.6) is 5.75 Å². The molecule has 6 heteroatoms. The average Bonchev–Trinajstić information content (AvgIpc) is 3.14. The van der Waals surface area contributed by atoms with E-state index in [2.05, 4.69) is 23.3 Å². The molecule has 0 radical (unpaired) electrons. The summed E-state index contributed by atoms with van der Waals surface area (Å²) in [5.74, 6) is -1.23. The fourth-order valence-electron chi connectivity index (χ4n) is 3.57. The maximum absolute atomic E-state index is 12.5. The number of hydrogen-bond acceptors (Lipinski definition) is 3. The van der Waals surface area contributed by atoms with Crippen LogP contribution in [-0.4, -0.2) is 35.6 Å². The van der Waals surface area contributed by atoms with Gasteiger partial charge in [0.05, 0.1) is 19.4 Å². The van der Waals surface area contributed by atoms with E-state index in [9.17, 15) is 14.7 Å². The monoisotopic (exact) mass is 394 g/mol. The zero-order chi connectivity index (χ0) is 20.8. The minimum atomic E-state index is -0.948. The first-order chi connectivity index (χ1) is 14.0. The second kappa shape index (κ2) is 9.28. The zero-order valence-electron chi connectivity index (χ0n) is 16.7. The lowest BCUT2D eigenvalue weighted by Crippen LogP contribution is -2.35. The molecule has 152 valence electrons. The number of fused-ring (bicyclic) bond motifs is 1. The van der Waals surface area contributed by atoms with Gasteiger partial charge in [0.1, 0.15) is 5.75 Å². The molecule has 0 saturated heterocycles. The molecule has 0 aliphatic carbocycles. The summed E-state index contributed by atoms with van der Waals surface area (Å²) < 4.78 is 5.30. The zero-order valence-corrected chi connectivity index (χ0v) is 16.7. The van der Waals surface area contributed by atoms with E-state index in [0.717, 1.165) is 28.5 Å². The predicted molar refractivity (Wildman–Crippen MR) is 112 cm³/mol. The van der Waals surface area contributed by atoms with Gasteiger partial charge in [-0.1, -0.05) is 43.3 Å². The number of aromatic nitrogens is 1. The first kappa shape index (κ1) is 20.5. The summed E-state index contributed by atoms with van der Waals surface area (Å²) in [6.45, 7) is 2.16. The summed E-state index contributed by atoms with van der Waals surface area (Å²) in [6, 6.07) is 13.4. The predicted octanol–water partition coefficient (Wildman–Crippen LogP) is 3.34. The van der Waals surface area contributed by atoms with Crippen molar-refractivity contribution in [3.05, 3.63) is 65.4 Å². The highest BCUT2D eigenvalue weighted by atomic mass is 16.5. The fourth-order valence-corrected chi connectivity index (χ4v) is 3.57. The van der Waals surface area contributed by atoms with Gasteiger partial charge in [-0.15, -0.1) is 0 Å². The van der Waals surface area contributed by atoms with E-state index < -0.39 is 11.9 Å². The van der Waals surface area contributed by atoms with E-state index in [1.165, 1.54) is 5.56 Å². The number of ether oxygens (including phenoxy) is 1. The Hall–Kier alpha value is -3.28. The van der Waals surface area contributed by atoms with E-state index in [1.807, 2.05) is 36.5 Å². The van der Waals surface area contributed by atoms with E-state index in [4.69, 9.17) is 4.74 Å². The number of H-pyrrole nitrogens is 1. The lowest BCUT2D eigenvalue weighted by Gasteiger charge is -2.15. The molecule has 0 aliphatic rings. The van der Waals surface area contributed by atoms with Crippen LogP contribution in [0.15, 0.2) is 48.7 Å². The van der Waals surface area contributed by atoms with E-state index >= 15 is 0 Å². The van der Waals surface area contributed by atoms with Gasteiger partial charge in [-0.25, -0.2) is 0 Å². The van der Waals surface area contributed by atoms with Crippen LogP contribution in [0.3, 0.4) is 0 Å². The SMILES string of the molecule is CCc1cccc2c(CC(=O)NCC(Cc3ccccc3OC)C(=O)O)c[nH]c12. The Morgan fingerprint density at radius 1 is 1.10 bits per heavy atom. The van der Waals surface area contributed by atoms with Crippen molar-refractivity contribution >= 4 is 22.8 Å². The molecule has 1 unspecified atom stereocenters. The van der Waals surface area contributed by atoms with Gasteiger partial charge < -0.3 is 20.1 Å². The highest BCUT2D eigenvalue weighted by Gasteiger charge is 2.21. The number of aliphatic carboxylic acids is 1. The number of carboxylic acids is 1. The Balaban J connectivity index is 1.65. The van der Waals surface area contributed by atoms with Crippen molar-refractivity contribution in [3.63, 3.8) is 0 Å². The fraction of sp³-hybridized carbons (Fsp3) is 0.304. The van der Waals surface area contributed by atoms with Gasteiger partial charge in [0, 0.05) is 23.6 Å². The minimum absolute atomic E-state index is 0.0643. The summed E-state index contributed by atoms with van der Waals surface area (Å²) >= 11 is 0. The Morgan fingerprint density at radius 2 is 1.86 bits per heavy atom. The molecule has 1 atom stereocenters. The smallest absolute Gasteiger partial charge is 0.308 e. The van der Waals surface area contributed by atoms with Crippen molar-refractivity contribution in [3.8, 4) is 5.75 Å². The van der Waals surface area contributed by atoms with Crippen molar-refractivity contribution in [2.75, 3.05) is 13.7 Å². The highest BCUT2D eigenvalue weighted by molar-refractivity contribution is 5.90. The number of amides is 1. The normalized spacial score (nSPS) is 11.9. The van der Waals surface area contributed by atoms with Gasteiger partial charge >= 0.3 is 5.97 Å². The number of methoxy groups -OCH3 is 1. The lowest BCUT2D eigenvalue weighted by molar-refractivity contribution is -0.141. The molecule has 0 aliphatic heterocycles. The summed E-state index contributed by atoms with van der Waals surface area (Å²) in [6.07, 6.45) is 3.25. The van der Waals surface area contributed by atoms with Crippen LogP contribution in [0.4, 0.5) is 0 Å². The van der Waals surface area contributed by atoms with Crippen LogP contribution in [0.25, 0.3) is 10.9 Å². The molecule has 1 aromatic heterocycles. The van der Waals surface area contributed by atoms with E-state index in [1.54, 1.807) is 13.2 Å². The minimum Gasteiger partial charge on any atom is -0.496 e. The van der Waals surface area contributed by atoms with Crippen LogP contribution in [0, 0.1) is 5.92 Å². The maximum atomic E-state index is 12.5. The first-order valence-corrected chi connectivity index (χ1v) is 9.72. The number of nitrogens with one attached hydrogen (secondary N) is 2. The van der Waals surface area contributed by atoms with Crippen LogP contribution in [-0.2, 0) is 28.9 Å². The van der Waals surface area contributed by atoms with E-state index in [-0.39, 0.29) is 25.3 Å². The number of para-hydroxylation sites is 2. The Bertz CT molecular complexity index is 1010. The molecule has 0 saturated carbocycles. The number of carbonyl (C=O) groups excluding carboxylic acids is 1. The number of carboxylic acid groups (broad SMARTS) is 1. The standard InChI is InChI=1S/C23H26N2O4/c1-3-15-8-6-9-19-17(13-25-22(15)19)12-21(26)24-14-18(23(27)28)11-16-7-4-5-10-20(16)29-2/h4-10,13,18,25H,3,11-12,14H2,1-2H3,(H,24,26)(H,27,28). The number of carbonyl (C=O) groups is 2. The van der Waals surface area contributed by atoms with Gasteiger partial charge in [0.2, 0.25) is 5.91 Å². The van der Waals surface area contributed by atoms with Crippen LogP contribution in [0.1, 0.15) is 23.6 Å². The van der Waals surface area contributed by atoms with Gasteiger partial charge in [0.15, 0.2) is 0 Å². The van der Waals surface area contributed by atoms with Gasteiger partial charge in [-0.3, -0.25) is 9.59 Å². The van der Waals surface area contributed by atoms with Crippen LogP contribution in [0.2, 0.25) is 0 Å². The Morgan fingerprint density at radius 3 is 2.59 bits per heavy atom. The summed E-state index contributed by atoms with van der Waals surface area (Å²) in [4.78, 5) is 27.4. The molecule has 1 amide bonds. The van der Waals surface area contributed by atoms with E-state index in [0.29, 0.717) is 5.75 Å². The van der Waals surface area contributed by atoms with Crippen molar-refractivity contribution < 1.29 is 19.4 Å². The Labute approximate surface area is 169 Å². The molecule has 0 fully saturated rings. The quantitative estimate of drug-likeness (QED) is 0.519.